The van der Waals surface area contributed by atoms with Crippen LogP contribution >= 0.6 is 0 Å². The number of azo groups is 1. The zero-order valence-corrected chi connectivity index (χ0v) is 21.2. The van der Waals surface area contributed by atoms with E-state index < -0.39 is 35.9 Å². The van der Waals surface area contributed by atoms with Crippen LogP contribution in [0.2, 0.25) is 0 Å². The molecule has 1 atom stereocenters. The molecule has 1 saturated heterocycles. The highest BCUT2D eigenvalue weighted by Crippen LogP contribution is 2.36. The number of aliphatic imine (C=N–C) groups is 1. The molecule has 6 N–H and O–H groups in total. The van der Waals surface area contributed by atoms with Gasteiger partial charge in [0.05, 0.1) is 18.3 Å². The number of aliphatic hydroxyl groups is 2. The summed E-state index contributed by atoms with van der Waals surface area (Å²) in [6.45, 7) is 3.95. The molecule has 0 aromatic heterocycles. The fourth-order valence-electron chi connectivity index (χ4n) is 4.08. The molecule has 3 rings (SSSR count). The van der Waals surface area contributed by atoms with Gasteiger partial charge in [-0.1, -0.05) is 6.92 Å². The summed E-state index contributed by atoms with van der Waals surface area (Å²) in [7, 11) is -8.88. The Bertz CT molecular complexity index is 1160. The first-order chi connectivity index (χ1) is 16.6. The summed E-state index contributed by atoms with van der Waals surface area (Å²) >= 11 is 0. The van der Waals surface area contributed by atoms with Crippen LogP contribution < -0.4 is 20.1 Å². The molecule has 35 heavy (non-hydrogen) atoms. The topological polar surface area (TPSA) is 199 Å². The highest BCUT2D eigenvalue weighted by Gasteiger charge is 2.34. The average molecular weight is 532 g/mol. The summed E-state index contributed by atoms with van der Waals surface area (Å²) < 4.78 is 53.9. The van der Waals surface area contributed by atoms with E-state index in [1.807, 2.05) is 4.90 Å². The van der Waals surface area contributed by atoms with Gasteiger partial charge in [-0.05, 0) is 43.9 Å². The van der Waals surface area contributed by atoms with Crippen molar-refractivity contribution in [2.75, 3.05) is 50.9 Å². The van der Waals surface area contributed by atoms with Gasteiger partial charge in [-0.25, -0.2) is 31.7 Å². The summed E-state index contributed by atoms with van der Waals surface area (Å²) in [5, 5.41) is 35.2. The van der Waals surface area contributed by atoms with Crippen molar-refractivity contribution in [1.29, 1.82) is 0 Å². The van der Waals surface area contributed by atoms with Gasteiger partial charge in [0.1, 0.15) is 9.79 Å². The lowest BCUT2D eigenvalue weighted by atomic mass is 9.95. The molecule has 1 aromatic rings. The molecule has 2 heterocycles. The molecule has 2 aliphatic rings. The average Bonchev–Trinajstić information content (AvgIpc) is 3.36. The smallest absolute Gasteiger partial charge is 0.242 e. The number of anilines is 1. The standard InChI is InChI=1S/C20H33N7O6S2/c1-2-15(29)12-25-35(32,33)17-4-3-16(27-8-5-14(6-9-27)11-22-7-10-28)18(19(17)34(21,30)31)20-23-13-24-26-20/h3-4,14-15,22,25,28-29H,2,5-13H2,1H3,(H2,21,30,31). The number of hydrogen-bond acceptors (Lipinski definition) is 11. The van der Waals surface area contributed by atoms with E-state index in [0.29, 0.717) is 37.7 Å². The minimum absolute atomic E-state index is 0.00130. The highest BCUT2D eigenvalue weighted by molar-refractivity contribution is 7.92. The molecule has 0 radical (unpaired) electrons. The van der Waals surface area contributed by atoms with Gasteiger partial charge in [0, 0.05) is 31.9 Å². The first-order valence-corrected chi connectivity index (χ1v) is 14.5. The first-order valence-electron chi connectivity index (χ1n) is 11.4. The molecule has 0 spiro atoms. The molecule has 2 aliphatic heterocycles. The highest BCUT2D eigenvalue weighted by atomic mass is 32.2. The number of primary sulfonamides is 1. The number of amidine groups is 1. The number of hydrogen-bond donors (Lipinski definition) is 5. The maximum Gasteiger partial charge on any atom is 0.242 e. The van der Waals surface area contributed by atoms with Crippen molar-refractivity contribution in [1.82, 2.24) is 10.0 Å². The van der Waals surface area contributed by atoms with Crippen LogP contribution in [0.4, 0.5) is 5.69 Å². The minimum atomic E-state index is -4.54. The summed E-state index contributed by atoms with van der Waals surface area (Å²) in [6.07, 6.45) is 1.01. The monoisotopic (exact) mass is 531 g/mol. The van der Waals surface area contributed by atoms with E-state index in [-0.39, 0.29) is 31.2 Å². The van der Waals surface area contributed by atoms with Crippen LogP contribution in [0.25, 0.3) is 0 Å². The van der Waals surface area contributed by atoms with E-state index in [4.69, 9.17) is 10.2 Å². The number of benzene rings is 1. The molecule has 1 aromatic carbocycles. The van der Waals surface area contributed by atoms with Crippen LogP contribution in [0.15, 0.2) is 37.1 Å². The molecule has 1 fully saturated rings. The Morgan fingerprint density at radius 2 is 1.94 bits per heavy atom. The number of rotatable bonds is 12. The van der Waals surface area contributed by atoms with E-state index >= 15 is 0 Å². The quantitative estimate of drug-likeness (QED) is 0.219. The summed E-state index contributed by atoms with van der Waals surface area (Å²) in [6, 6.07) is 2.75. The van der Waals surface area contributed by atoms with Crippen LogP contribution in [0.5, 0.6) is 0 Å². The molecule has 0 aliphatic carbocycles. The Morgan fingerprint density at radius 3 is 2.51 bits per heavy atom. The maximum absolute atomic E-state index is 13.1. The predicted molar refractivity (Wildman–Crippen MR) is 130 cm³/mol. The predicted octanol–water partition coefficient (Wildman–Crippen LogP) is -0.649. The van der Waals surface area contributed by atoms with Crippen molar-refractivity contribution < 1.29 is 27.0 Å². The van der Waals surface area contributed by atoms with Gasteiger partial charge < -0.3 is 20.4 Å². The van der Waals surface area contributed by atoms with Crippen molar-refractivity contribution >= 4 is 31.6 Å². The molecular weight excluding hydrogens is 498 g/mol. The molecular formula is C20H33N7O6S2. The molecule has 0 saturated carbocycles. The van der Waals surface area contributed by atoms with Crippen molar-refractivity contribution in [2.24, 2.45) is 26.3 Å². The molecule has 15 heteroatoms. The normalized spacial score (nSPS) is 18.2. The Kier molecular flexibility index (Phi) is 9.31. The molecule has 196 valence electrons. The fourth-order valence-corrected chi connectivity index (χ4v) is 6.74. The minimum Gasteiger partial charge on any atom is -0.395 e. The van der Waals surface area contributed by atoms with E-state index in [2.05, 4.69) is 25.3 Å². The van der Waals surface area contributed by atoms with E-state index in [1.165, 1.54) is 12.1 Å². The van der Waals surface area contributed by atoms with Crippen LogP contribution in [-0.4, -0.2) is 85.0 Å². The SMILES string of the molecule is CCC(O)CNS(=O)(=O)c1ccc(N2CCC(CNCCO)CC2)c(C2=NCN=N2)c1S(N)(=O)=O. The van der Waals surface area contributed by atoms with Crippen LogP contribution in [0.3, 0.4) is 0 Å². The van der Waals surface area contributed by atoms with Crippen LogP contribution in [-0.2, 0) is 20.0 Å². The Labute approximate surface area is 205 Å². The number of piperidine rings is 1. The van der Waals surface area contributed by atoms with E-state index in [1.54, 1.807) is 6.92 Å². The second kappa shape index (κ2) is 11.8. The third kappa shape index (κ3) is 6.81. The van der Waals surface area contributed by atoms with Crippen molar-refractivity contribution in [3.8, 4) is 0 Å². The molecule has 1 unspecified atom stereocenters. The summed E-state index contributed by atoms with van der Waals surface area (Å²) in [4.78, 5) is 4.99. The fraction of sp³-hybridized carbons (Fsp3) is 0.650. The third-order valence-electron chi connectivity index (χ3n) is 6.00. The summed E-state index contributed by atoms with van der Waals surface area (Å²) in [5.74, 6) is 0.387. The van der Waals surface area contributed by atoms with Crippen molar-refractivity contribution in [2.45, 2.75) is 42.1 Å². The lowest BCUT2D eigenvalue weighted by Crippen LogP contribution is -2.39. The van der Waals surface area contributed by atoms with Gasteiger partial charge >= 0.3 is 0 Å². The largest absolute Gasteiger partial charge is 0.395 e. The Hall–Kier alpha value is -2.01. The maximum atomic E-state index is 13.1. The van der Waals surface area contributed by atoms with Crippen LogP contribution in [0, 0.1) is 5.92 Å². The number of nitrogens with one attached hydrogen (secondary N) is 2. The lowest BCUT2D eigenvalue weighted by molar-refractivity contribution is 0.174. The van der Waals surface area contributed by atoms with Crippen LogP contribution in [0.1, 0.15) is 31.7 Å². The Morgan fingerprint density at radius 1 is 1.23 bits per heavy atom. The zero-order chi connectivity index (χ0) is 25.6. The molecule has 0 bridgehead atoms. The first kappa shape index (κ1) is 27.6. The van der Waals surface area contributed by atoms with Gasteiger partial charge in [0.25, 0.3) is 0 Å². The van der Waals surface area contributed by atoms with Gasteiger partial charge in [0.2, 0.25) is 20.0 Å². The number of nitrogens with two attached hydrogens (primary N) is 1. The second-order valence-corrected chi connectivity index (χ2v) is 11.7. The second-order valence-electron chi connectivity index (χ2n) is 8.47. The van der Waals surface area contributed by atoms with Gasteiger partial charge in [0.15, 0.2) is 12.5 Å². The number of sulfonamides is 2. The third-order valence-corrected chi connectivity index (χ3v) is 8.59. The zero-order valence-electron chi connectivity index (χ0n) is 19.6. The van der Waals surface area contributed by atoms with Gasteiger partial charge in [-0.2, -0.15) is 5.11 Å². The van der Waals surface area contributed by atoms with Gasteiger partial charge in [-0.3, -0.25) is 0 Å². The summed E-state index contributed by atoms with van der Waals surface area (Å²) in [5.41, 5.74) is 0.465. The van der Waals surface area contributed by atoms with E-state index in [9.17, 15) is 21.9 Å². The van der Waals surface area contributed by atoms with Gasteiger partial charge in [-0.15, -0.1) is 5.11 Å². The lowest BCUT2D eigenvalue weighted by Gasteiger charge is -2.35. The molecule has 0 amide bonds. The van der Waals surface area contributed by atoms with E-state index in [0.717, 1.165) is 19.4 Å². The number of nitrogens with zero attached hydrogens (tertiary/aromatic N) is 4. The van der Waals surface area contributed by atoms with Crippen molar-refractivity contribution in [3.63, 3.8) is 0 Å². The number of aliphatic hydroxyl groups excluding tert-OH is 2. The Balaban J connectivity index is 2.03. The van der Waals surface area contributed by atoms with Crippen molar-refractivity contribution in [3.05, 3.63) is 17.7 Å². The molecule has 13 nitrogen and oxygen atoms in total.